The second-order valence-corrected chi connectivity index (χ2v) is 9.80. The first kappa shape index (κ1) is 23.0. The van der Waals surface area contributed by atoms with Crippen molar-refractivity contribution in [3.05, 3.63) is 89.0 Å². The maximum Gasteiger partial charge on any atom is 0.0160 e. The topological polar surface area (TPSA) is 0 Å². The molecule has 0 bridgehead atoms. The molecular formula is C30H32S2. The van der Waals surface area contributed by atoms with Crippen LogP contribution in [0.25, 0.3) is 33.7 Å². The normalized spacial score (nSPS) is 12.8. The Labute approximate surface area is 202 Å². The van der Waals surface area contributed by atoms with Gasteiger partial charge in [0, 0.05) is 10.6 Å². The Morgan fingerprint density at radius 2 is 1.53 bits per heavy atom. The Morgan fingerprint density at radius 1 is 0.844 bits per heavy atom. The van der Waals surface area contributed by atoms with Crippen LogP contribution in [0, 0.1) is 0 Å². The van der Waals surface area contributed by atoms with Crippen molar-refractivity contribution >= 4 is 58.1 Å². The Morgan fingerprint density at radius 3 is 2.25 bits per heavy atom. The van der Waals surface area contributed by atoms with E-state index in [1.54, 1.807) is 0 Å². The first-order chi connectivity index (χ1) is 15.6. The van der Waals surface area contributed by atoms with E-state index < -0.39 is 0 Å². The third kappa shape index (κ3) is 5.08. The number of hydrogen-bond donors (Lipinski definition) is 1. The minimum absolute atomic E-state index is 0.615. The predicted molar refractivity (Wildman–Crippen MR) is 149 cm³/mol. The van der Waals surface area contributed by atoms with Gasteiger partial charge in [-0.1, -0.05) is 81.3 Å². The first-order valence-corrected chi connectivity index (χ1v) is 13.4. The molecular weight excluding hydrogens is 424 g/mol. The largest absolute Gasteiger partial charge is 0.175 e. The highest BCUT2D eigenvalue weighted by atomic mass is 32.2. The van der Waals surface area contributed by atoms with E-state index in [0.29, 0.717) is 5.92 Å². The molecule has 0 N–H and O–H groups in total. The van der Waals surface area contributed by atoms with Crippen LogP contribution in [0.3, 0.4) is 0 Å². The van der Waals surface area contributed by atoms with E-state index in [2.05, 4.69) is 112 Å². The molecule has 2 heteroatoms. The fraction of sp³-hybridized carbons (Fsp3) is 0.267. The van der Waals surface area contributed by atoms with Gasteiger partial charge in [-0.05, 0) is 86.7 Å². The summed E-state index contributed by atoms with van der Waals surface area (Å²) in [7, 11) is 0. The van der Waals surface area contributed by atoms with Crippen molar-refractivity contribution in [2.75, 3.05) is 6.26 Å². The van der Waals surface area contributed by atoms with Gasteiger partial charge in [0.05, 0.1) is 0 Å². The quantitative estimate of drug-likeness (QED) is 0.156. The van der Waals surface area contributed by atoms with E-state index in [4.69, 9.17) is 0 Å². The molecule has 0 aliphatic heterocycles. The second kappa shape index (κ2) is 10.6. The van der Waals surface area contributed by atoms with Crippen molar-refractivity contribution in [2.24, 2.45) is 0 Å². The highest BCUT2D eigenvalue weighted by Crippen LogP contribution is 2.32. The molecule has 4 aromatic rings. The minimum Gasteiger partial charge on any atom is -0.175 e. The van der Waals surface area contributed by atoms with Crippen molar-refractivity contribution in [1.82, 2.24) is 0 Å². The number of benzene rings is 4. The van der Waals surface area contributed by atoms with Gasteiger partial charge in [-0.25, -0.2) is 0 Å². The Kier molecular flexibility index (Phi) is 7.65. The summed E-state index contributed by atoms with van der Waals surface area (Å²) in [6.07, 6.45) is 10.5. The molecule has 0 fully saturated rings. The average molecular weight is 457 g/mol. The number of thioether (sulfide) groups is 1. The molecule has 4 aromatic carbocycles. The third-order valence-electron chi connectivity index (χ3n) is 6.39. The summed E-state index contributed by atoms with van der Waals surface area (Å²) in [5.41, 5.74) is 5.23. The summed E-state index contributed by atoms with van der Waals surface area (Å²) < 4.78 is 0. The lowest BCUT2D eigenvalue weighted by molar-refractivity contribution is 0.625. The van der Waals surface area contributed by atoms with E-state index in [1.165, 1.54) is 68.0 Å². The summed E-state index contributed by atoms with van der Waals surface area (Å²) in [5, 5.41) is 5.19. The number of rotatable bonds is 8. The molecule has 32 heavy (non-hydrogen) atoms. The Hall–Kier alpha value is -2.16. The molecule has 0 radical (unpaired) electrons. The maximum absolute atomic E-state index is 4.58. The molecule has 0 nitrogen and oxygen atoms in total. The Balaban J connectivity index is 1.69. The van der Waals surface area contributed by atoms with E-state index in [1.807, 2.05) is 11.8 Å². The monoisotopic (exact) mass is 456 g/mol. The fourth-order valence-electron chi connectivity index (χ4n) is 4.38. The van der Waals surface area contributed by atoms with Crippen LogP contribution >= 0.6 is 24.4 Å². The predicted octanol–water partition coefficient (Wildman–Crippen LogP) is 9.61. The molecule has 0 spiro atoms. The molecule has 1 atom stereocenters. The lowest BCUT2D eigenvalue weighted by Crippen LogP contribution is -1.94. The molecule has 164 valence electrons. The average Bonchev–Trinajstić information content (AvgIpc) is 2.84. The molecule has 0 aromatic heterocycles. The standard InChI is InChI=1S/C30H32S2/c1-4-5-8-21(2)22-11-12-25-17-27(30(32-3)19-28(25)15-22)14-13-26-16-23-9-6-7-10-24(23)18-29(26)20-31/h6-7,9-19,21,31H,4-5,8,20H2,1-3H3/b14-13+. The summed E-state index contributed by atoms with van der Waals surface area (Å²) in [6, 6.07) is 24.8. The minimum atomic E-state index is 0.615. The first-order valence-electron chi connectivity index (χ1n) is 11.5. The van der Waals surface area contributed by atoms with Gasteiger partial charge in [0.2, 0.25) is 0 Å². The third-order valence-corrected chi connectivity index (χ3v) is 7.53. The molecule has 0 heterocycles. The van der Waals surface area contributed by atoms with Crippen LogP contribution in [0.4, 0.5) is 0 Å². The van der Waals surface area contributed by atoms with Gasteiger partial charge in [0.25, 0.3) is 0 Å². The van der Waals surface area contributed by atoms with Gasteiger partial charge in [-0.2, -0.15) is 12.6 Å². The maximum atomic E-state index is 4.58. The summed E-state index contributed by atoms with van der Waals surface area (Å²) in [4.78, 5) is 1.32. The molecule has 0 aliphatic carbocycles. The van der Waals surface area contributed by atoms with Crippen molar-refractivity contribution < 1.29 is 0 Å². The SMILES string of the molecule is CCCCC(C)c1ccc2cc(/C=C/c3cc4ccccc4cc3CS)c(SC)cc2c1. The number of unbranched alkanes of at least 4 members (excludes halogenated alkanes) is 1. The van der Waals surface area contributed by atoms with Gasteiger partial charge >= 0.3 is 0 Å². The van der Waals surface area contributed by atoms with Crippen molar-refractivity contribution in [3.8, 4) is 0 Å². The van der Waals surface area contributed by atoms with Crippen LogP contribution in [0.5, 0.6) is 0 Å². The van der Waals surface area contributed by atoms with Crippen LogP contribution in [-0.4, -0.2) is 6.26 Å². The molecule has 0 aliphatic rings. The van der Waals surface area contributed by atoms with Crippen molar-refractivity contribution in [1.29, 1.82) is 0 Å². The Bertz CT molecular complexity index is 1250. The van der Waals surface area contributed by atoms with Crippen LogP contribution in [0.1, 0.15) is 61.3 Å². The fourth-order valence-corrected chi connectivity index (χ4v) is 5.26. The zero-order valence-electron chi connectivity index (χ0n) is 19.3. The van der Waals surface area contributed by atoms with Crippen molar-refractivity contribution in [3.63, 3.8) is 0 Å². The number of hydrogen-bond acceptors (Lipinski definition) is 2. The zero-order chi connectivity index (χ0) is 22.5. The van der Waals surface area contributed by atoms with Gasteiger partial charge in [-0.3, -0.25) is 0 Å². The second-order valence-electron chi connectivity index (χ2n) is 8.63. The highest BCUT2D eigenvalue weighted by molar-refractivity contribution is 7.98. The van der Waals surface area contributed by atoms with Gasteiger partial charge < -0.3 is 0 Å². The number of fused-ring (bicyclic) bond motifs is 2. The summed E-state index contributed by atoms with van der Waals surface area (Å²) in [5.74, 6) is 1.35. The van der Waals surface area contributed by atoms with Gasteiger partial charge in [0.1, 0.15) is 0 Å². The molecule has 4 rings (SSSR count). The molecule has 1 unspecified atom stereocenters. The van der Waals surface area contributed by atoms with E-state index in [9.17, 15) is 0 Å². The summed E-state index contributed by atoms with van der Waals surface area (Å²) in [6.45, 7) is 4.62. The van der Waals surface area contributed by atoms with Gasteiger partial charge in [0.15, 0.2) is 0 Å². The van der Waals surface area contributed by atoms with E-state index in [0.717, 1.165) is 5.75 Å². The van der Waals surface area contributed by atoms with Crippen LogP contribution in [0.15, 0.2) is 71.6 Å². The van der Waals surface area contributed by atoms with E-state index >= 15 is 0 Å². The number of thiol groups is 1. The van der Waals surface area contributed by atoms with Crippen LogP contribution in [0.2, 0.25) is 0 Å². The zero-order valence-corrected chi connectivity index (χ0v) is 21.0. The van der Waals surface area contributed by atoms with Crippen LogP contribution in [-0.2, 0) is 5.75 Å². The molecule has 0 amide bonds. The van der Waals surface area contributed by atoms with E-state index in [-0.39, 0.29) is 0 Å². The van der Waals surface area contributed by atoms with Crippen LogP contribution < -0.4 is 0 Å². The van der Waals surface area contributed by atoms with Crippen molar-refractivity contribution in [2.45, 2.75) is 49.7 Å². The molecule has 0 saturated heterocycles. The molecule has 0 saturated carbocycles. The van der Waals surface area contributed by atoms with Gasteiger partial charge in [-0.15, -0.1) is 11.8 Å². The highest BCUT2D eigenvalue weighted by Gasteiger charge is 2.09. The lowest BCUT2D eigenvalue weighted by atomic mass is 9.93. The summed E-state index contributed by atoms with van der Waals surface area (Å²) >= 11 is 6.40. The smallest absolute Gasteiger partial charge is 0.0160 e. The lowest BCUT2D eigenvalue weighted by Gasteiger charge is -2.14.